The van der Waals surface area contributed by atoms with Gasteiger partial charge in [0.15, 0.2) is 6.29 Å². The van der Waals surface area contributed by atoms with Crippen LogP contribution in [0.2, 0.25) is 0 Å². The molecular weight excluding hydrogens is 307 g/mol. The van der Waals surface area contributed by atoms with Crippen molar-refractivity contribution in [1.29, 1.82) is 0 Å². The lowest BCUT2D eigenvalue weighted by molar-refractivity contribution is 0.111. The Morgan fingerprint density at radius 2 is 2.29 bits per heavy atom. The molecule has 0 fully saturated rings. The molecule has 0 spiro atoms. The van der Waals surface area contributed by atoms with Crippen LogP contribution in [0.15, 0.2) is 6.07 Å². The average Bonchev–Trinajstić information content (AvgIpc) is 2.17. The Balaban J connectivity index is 3.34. The van der Waals surface area contributed by atoms with Gasteiger partial charge in [-0.2, -0.15) is 0 Å². The highest BCUT2D eigenvalue weighted by atomic mass is 127. The van der Waals surface area contributed by atoms with E-state index in [0.717, 1.165) is 6.07 Å². The van der Waals surface area contributed by atoms with Crippen LogP contribution >= 0.6 is 22.6 Å². The van der Waals surface area contributed by atoms with Crippen LogP contribution in [0.25, 0.3) is 0 Å². The van der Waals surface area contributed by atoms with Crippen LogP contribution in [0, 0.1) is 3.57 Å². The van der Waals surface area contributed by atoms with Gasteiger partial charge in [-0.15, -0.1) is 0 Å². The lowest BCUT2D eigenvalue weighted by atomic mass is 10.2. The van der Waals surface area contributed by atoms with Crippen LogP contribution in [-0.4, -0.2) is 18.4 Å². The number of halogens is 3. The zero-order chi connectivity index (χ0) is 10.7. The van der Waals surface area contributed by atoms with Crippen molar-refractivity contribution in [2.24, 2.45) is 0 Å². The highest BCUT2D eigenvalue weighted by Gasteiger charge is 2.17. The summed E-state index contributed by atoms with van der Waals surface area (Å²) in [4.78, 5) is 14.2. The van der Waals surface area contributed by atoms with Crippen LogP contribution in [0.4, 0.5) is 8.78 Å². The van der Waals surface area contributed by atoms with E-state index in [-0.39, 0.29) is 20.7 Å². The van der Waals surface area contributed by atoms with E-state index in [1.165, 1.54) is 7.11 Å². The minimum Gasteiger partial charge on any atom is -0.481 e. The summed E-state index contributed by atoms with van der Waals surface area (Å²) >= 11 is 1.66. The number of rotatable bonds is 3. The van der Waals surface area contributed by atoms with Gasteiger partial charge in [0.25, 0.3) is 6.43 Å². The molecule has 6 heteroatoms. The maximum atomic E-state index is 12.5. The standard InChI is InChI=1S/C8H6F2INO2/c1-14-6-2-4(8(9)10)7(11)5(3-13)12-6/h2-3,8H,1H3. The molecule has 1 aromatic rings. The van der Waals surface area contributed by atoms with Crippen molar-refractivity contribution in [3.63, 3.8) is 0 Å². The first kappa shape index (κ1) is 11.3. The van der Waals surface area contributed by atoms with Gasteiger partial charge in [-0.05, 0) is 22.6 Å². The number of hydrogen-bond donors (Lipinski definition) is 0. The second kappa shape index (κ2) is 4.63. The molecule has 0 saturated carbocycles. The van der Waals surface area contributed by atoms with Crippen LogP contribution in [0.3, 0.4) is 0 Å². The molecule has 76 valence electrons. The van der Waals surface area contributed by atoms with Crippen molar-refractivity contribution >= 4 is 28.9 Å². The zero-order valence-electron chi connectivity index (χ0n) is 7.13. The lowest BCUT2D eigenvalue weighted by Gasteiger charge is -2.07. The van der Waals surface area contributed by atoms with Gasteiger partial charge in [0.1, 0.15) is 5.69 Å². The van der Waals surface area contributed by atoms with Crippen molar-refractivity contribution < 1.29 is 18.3 Å². The number of hydrogen-bond acceptors (Lipinski definition) is 3. The first-order valence-corrected chi connectivity index (χ1v) is 4.65. The van der Waals surface area contributed by atoms with E-state index >= 15 is 0 Å². The lowest BCUT2D eigenvalue weighted by Crippen LogP contribution is -2.01. The second-order valence-electron chi connectivity index (χ2n) is 2.37. The summed E-state index contributed by atoms with van der Waals surface area (Å²) < 4.78 is 29.8. The van der Waals surface area contributed by atoms with Crippen molar-refractivity contribution in [2.75, 3.05) is 7.11 Å². The van der Waals surface area contributed by atoms with Gasteiger partial charge in [0.05, 0.1) is 10.7 Å². The van der Waals surface area contributed by atoms with Gasteiger partial charge in [-0.3, -0.25) is 4.79 Å². The SMILES string of the molecule is COc1cc(C(F)F)c(I)c(C=O)n1. The number of nitrogens with zero attached hydrogens (tertiary/aromatic N) is 1. The summed E-state index contributed by atoms with van der Waals surface area (Å²) in [5, 5.41) is 0. The van der Waals surface area contributed by atoms with Crippen molar-refractivity contribution in [2.45, 2.75) is 6.43 Å². The molecule has 0 radical (unpaired) electrons. The maximum absolute atomic E-state index is 12.5. The number of aromatic nitrogens is 1. The van der Waals surface area contributed by atoms with E-state index in [4.69, 9.17) is 4.74 Å². The molecule has 0 aromatic carbocycles. The number of carbonyl (C=O) groups excluding carboxylic acids is 1. The third-order valence-corrected chi connectivity index (χ3v) is 2.72. The summed E-state index contributed by atoms with van der Waals surface area (Å²) in [7, 11) is 1.30. The number of alkyl halides is 2. The molecule has 0 atom stereocenters. The number of ether oxygens (including phenoxy) is 1. The molecule has 1 heterocycles. The van der Waals surface area contributed by atoms with Crippen LogP contribution in [0.5, 0.6) is 5.88 Å². The summed E-state index contributed by atoms with van der Waals surface area (Å²) in [6.45, 7) is 0. The third-order valence-electron chi connectivity index (χ3n) is 1.54. The largest absolute Gasteiger partial charge is 0.481 e. The molecule has 0 amide bonds. The van der Waals surface area contributed by atoms with E-state index in [0.29, 0.717) is 6.29 Å². The molecule has 0 bridgehead atoms. The van der Waals surface area contributed by atoms with E-state index in [2.05, 4.69) is 4.98 Å². The fourth-order valence-electron chi connectivity index (χ4n) is 0.886. The molecule has 14 heavy (non-hydrogen) atoms. The fraction of sp³-hybridized carbons (Fsp3) is 0.250. The Kier molecular flexibility index (Phi) is 3.73. The van der Waals surface area contributed by atoms with Crippen LogP contribution in [-0.2, 0) is 0 Å². The molecule has 1 aromatic heterocycles. The highest BCUT2D eigenvalue weighted by Crippen LogP contribution is 2.28. The molecule has 0 saturated heterocycles. The van der Waals surface area contributed by atoms with E-state index in [1.54, 1.807) is 22.6 Å². The minimum atomic E-state index is -2.64. The van der Waals surface area contributed by atoms with Gasteiger partial charge in [0, 0.05) is 11.6 Å². The highest BCUT2D eigenvalue weighted by molar-refractivity contribution is 14.1. The summed E-state index contributed by atoms with van der Waals surface area (Å²) in [6.07, 6.45) is -2.21. The Bertz CT molecular complexity index is 357. The van der Waals surface area contributed by atoms with E-state index in [9.17, 15) is 13.6 Å². The van der Waals surface area contributed by atoms with Crippen molar-refractivity contribution in [3.05, 3.63) is 20.9 Å². The molecule has 0 N–H and O–H groups in total. The zero-order valence-corrected chi connectivity index (χ0v) is 9.29. The van der Waals surface area contributed by atoms with Gasteiger partial charge < -0.3 is 4.74 Å². The van der Waals surface area contributed by atoms with E-state index in [1.807, 2.05) is 0 Å². The second-order valence-corrected chi connectivity index (χ2v) is 3.45. The molecule has 0 aliphatic heterocycles. The smallest absolute Gasteiger partial charge is 0.265 e. The first-order valence-electron chi connectivity index (χ1n) is 3.58. The number of carbonyl (C=O) groups is 1. The normalized spacial score (nSPS) is 10.4. The molecule has 0 unspecified atom stereocenters. The van der Waals surface area contributed by atoms with E-state index < -0.39 is 6.43 Å². The Morgan fingerprint density at radius 1 is 1.64 bits per heavy atom. The summed E-state index contributed by atoms with van der Waals surface area (Å²) in [5.41, 5.74) is -0.264. The maximum Gasteiger partial charge on any atom is 0.265 e. The Hall–Kier alpha value is -0.790. The predicted molar refractivity (Wildman–Crippen MR) is 53.9 cm³/mol. The Labute approximate surface area is 92.6 Å². The number of pyridine rings is 1. The predicted octanol–water partition coefficient (Wildman–Crippen LogP) is 2.44. The van der Waals surface area contributed by atoms with Gasteiger partial charge >= 0.3 is 0 Å². The molecule has 1 rings (SSSR count). The quantitative estimate of drug-likeness (QED) is 0.635. The third kappa shape index (κ3) is 2.17. The van der Waals surface area contributed by atoms with Gasteiger partial charge in [-0.25, -0.2) is 13.8 Å². The molecule has 3 nitrogen and oxygen atoms in total. The topological polar surface area (TPSA) is 39.2 Å². The monoisotopic (exact) mass is 313 g/mol. The molecule has 0 aliphatic rings. The Morgan fingerprint density at radius 3 is 2.71 bits per heavy atom. The number of aldehydes is 1. The van der Waals surface area contributed by atoms with Gasteiger partial charge in [-0.1, -0.05) is 0 Å². The summed E-state index contributed by atoms with van der Waals surface area (Å²) in [5.74, 6) is 0.0165. The van der Waals surface area contributed by atoms with Crippen molar-refractivity contribution in [1.82, 2.24) is 4.98 Å². The van der Waals surface area contributed by atoms with Crippen molar-refractivity contribution in [3.8, 4) is 5.88 Å². The average molecular weight is 313 g/mol. The summed E-state index contributed by atoms with van der Waals surface area (Å²) in [6, 6.07) is 1.12. The molecular formula is C8H6F2INO2. The van der Waals surface area contributed by atoms with Crippen LogP contribution in [0.1, 0.15) is 22.5 Å². The first-order chi connectivity index (χ1) is 6.60. The number of methoxy groups -OCH3 is 1. The van der Waals surface area contributed by atoms with Gasteiger partial charge in [0.2, 0.25) is 5.88 Å². The molecule has 0 aliphatic carbocycles. The van der Waals surface area contributed by atoms with Crippen LogP contribution < -0.4 is 4.74 Å². The fourth-order valence-corrected chi connectivity index (χ4v) is 1.52. The minimum absolute atomic E-state index is 0.0165.